The van der Waals surface area contributed by atoms with E-state index in [0.29, 0.717) is 11.7 Å². The van der Waals surface area contributed by atoms with Crippen LogP contribution < -0.4 is 11.1 Å². The summed E-state index contributed by atoms with van der Waals surface area (Å²) in [6.07, 6.45) is 3.85. The first-order valence-electron chi connectivity index (χ1n) is 7.96. The lowest BCUT2D eigenvalue weighted by Gasteiger charge is -2.37. The Bertz CT molecular complexity index is 708. The van der Waals surface area contributed by atoms with Crippen LogP contribution in [0, 0.1) is 12.8 Å². The van der Waals surface area contributed by atoms with Crippen molar-refractivity contribution in [1.82, 2.24) is 10.1 Å². The summed E-state index contributed by atoms with van der Waals surface area (Å²) in [4.78, 5) is 16.8. The molecular weight excluding hydrogens is 292 g/mol. The highest BCUT2D eigenvalue weighted by molar-refractivity contribution is 5.94. The molecule has 23 heavy (non-hydrogen) atoms. The first-order chi connectivity index (χ1) is 11.0. The summed E-state index contributed by atoms with van der Waals surface area (Å²) >= 11 is 0. The third kappa shape index (κ3) is 3.42. The predicted molar refractivity (Wildman–Crippen MR) is 87.7 cm³/mol. The van der Waals surface area contributed by atoms with E-state index in [2.05, 4.69) is 15.5 Å². The normalized spacial score (nSPS) is 24.4. The van der Waals surface area contributed by atoms with Crippen LogP contribution in [0.3, 0.4) is 0 Å². The molecule has 1 aliphatic rings. The number of anilines is 1. The highest BCUT2D eigenvalue weighted by atomic mass is 16.5. The Morgan fingerprint density at radius 1 is 1.43 bits per heavy atom. The van der Waals surface area contributed by atoms with Gasteiger partial charge >= 0.3 is 0 Å². The van der Waals surface area contributed by atoms with Gasteiger partial charge in [-0.25, -0.2) is 0 Å². The van der Waals surface area contributed by atoms with E-state index in [1.54, 1.807) is 6.92 Å². The smallest absolute Gasteiger partial charge is 0.229 e. The predicted octanol–water partition coefficient (Wildman–Crippen LogP) is 2.89. The van der Waals surface area contributed by atoms with Gasteiger partial charge in [0.2, 0.25) is 17.6 Å². The van der Waals surface area contributed by atoms with Gasteiger partial charge in [-0.1, -0.05) is 30.1 Å². The second-order valence-corrected chi connectivity index (χ2v) is 6.51. The Hall–Kier alpha value is -2.21. The molecule has 2 atom stereocenters. The van der Waals surface area contributed by atoms with Gasteiger partial charge in [-0.15, -0.1) is 0 Å². The molecule has 122 valence electrons. The van der Waals surface area contributed by atoms with Crippen molar-refractivity contribution in [3.63, 3.8) is 0 Å². The quantitative estimate of drug-likeness (QED) is 0.908. The van der Waals surface area contributed by atoms with Crippen LogP contribution in [0.1, 0.15) is 38.5 Å². The third-order valence-electron chi connectivity index (χ3n) is 4.49. The monoisotopic (exact) mass is 314 g/mol. The van der Waals surface area contributed by atoms with Gasteiger partial charge in [0, 0.05) is 23.7 Å². The average Bonchev–Trinajstić information content (AvgIpc) is 2.93. The van der Waals surface area contributed by atoms with Crippen molar-refractivity contribution in [2.45, 2.75) is 45.1 Å². The molecular formula is C17H22N4O2. The summed E-state index contributed by atoms with van der Waals surface area (Å²) in [7, 11) is 0. The maximum Gasteiger partial charge on any atom is 0.229 e. The highest BCUT2D eigenvalue weighted by Gasteiger charge is 2.37. The Labute approximate surface area is 135 Å². The molecule has 6 nitrogen and oxygen atoms in total. The minimum Gasteiger partial charge on any atom is -0.339 e. The van der Waals surface area contributed by atoms with Crippen molar-refractivity contribution in [1.29, 1.82) is 0 Å². The number of carbonyl (C=O) groups is 1. The lowest BCUT2D eigenvalue weighted by Crippen LogP contribution is -2.51. The summed E-state index contributed by atoms with van der Waals surface area (Å²) in [5, 5.41) is 6.88. The number of aryl methyl sites for hydroxylation is 1. The van der Waals surface area contributed by atoms with E-state index in [4.69, 9.17) is 10.3 Å². The molecule has 1 aliphatic carbocycles. The number of aromatic nitrogens is 2. The molecule has 3 N–H and O–H groups in total. The summed E-state index contributed by atoms with van der Waals surface area (Å²) in [5.74, 6) is 0.846. The number of hydrogen-bond acceptors (Lipinski definition) is 5. The molecule has 6 heteroatoms. The molecule has 2 unspecified atom stereocenters. The molecule has 1 amide bonds. The van der Waals surface area contributed by atoms with Crippen LogP contribution in [0.4, 0.5) is 5.69 Å². The van der Waals surface area contributed by atoms with Crippen LogP contribution in [0.2, 0.25) is 0 Å². The van der Waals surface area contributed by atoms with Gasteiger partial charge in [0.1, 0.15) is 0 Å². The molecule has 1 fully saturated rings. The second-order valence-electron chi connectivity index (χ2n) is 6.51. The standard InChI is InChI=1S/C17H22N4O2/c1-11-19-15(21-23-11)12-6-5-7-13(10-12)20-16(22)14-8-3-4-9-17(14,2)18/h5-7,10,14H,3-4,8-9,18H2,1-2H3,(H,20,22). The summed E-state index contributed by atoms with van der Waals surface area (Å²) in [6, 6.07) is 7.44. The van der Waals surface area contributed by atoms with E-state index in [9.17, 15) is 4.79 Å². The van der Waals surface area contributed by atoms with Gasteiger partial charge in [0.15, 0.2) is 0 Å². The largest absolute Gasteiger partial charge is 0.339 e. The molecule has 1 aromatic carbocycles. The zero-order valence-electron chi connectivity index (χ0n) is 13.5. The molecule has 2 aromatic rings. The molecule has 1 heterocycles. The fraction of sp³-hybridized carbons (Fsp3) is 0.471. The summed E-state index contributed by atoms with van der Waals surface area (Å²) < 4.78 is 5.00. The number of nitrogens with one attached hydrogen (secondary N) is 1. The fourth-order valence-corrected chi connectivity index (χ4v) is 3.17. The molecule has 1 aromatic heterocycles. The van der Waals surface area contributed by atoms with Gasteiger partial charge in [0.25, 0.3) is 0 Å². The number of benzene rings is 1. The third-order valence-corrected chi connectivity index (χ3v) is 4.49. The summed E-state index contributed by atoms with van der Waals surface area (Å²) in [5.41, 5.74) is 7.39. The lowest BCUT2D eigenvalue weighted by molar-refractivity contribution is -0.122. The van der Waals surface area contributed by atoms with Crippen molar-refractivity contribution in [3.8, 4) is 11.4 Å². The molecule has 0 bridgehead atoms. The van der Waals surface area contributed by atoms with E-state index in [-0.39, 0.29) is 11.8 Å². The van der Waals surface area contributed by atoms with E-state index in [1.165, 1.54) is 0 Å². The van der Waals surface area contributed by atoms with Crippen molar-refractivity contribution < 1.29 is 9.32 Å². The first kappa shape index (κ1) is 15.7. The van der Waals surface area contributed by atoms with Gasteiger partial charge < -0.3 is 15.6 Å². The van der Waals surface area contributed by atoms with Gasteiger partial charge in [-0.3, -0.25) is 4.79 Å². The number of nitrogens with zero attached hydrogens (tertiary/aromatic N) is 2. The maximum absolute atomic E-state index is 12.6. The Kier molecular flexibility index (Phi) is 4.17. The Morgan fingerprint density at radius 2 is 2.26 bits per heavy atom. The average molecular weight is 314 g/mol. The van der Waals surface area contributed by atoms with Crippen LogP contribution in [0.5, 0.6) is 0 Å². The van der Waals surface area contributed by atoms with Crippen LogP contribution in [0.15, 0.2) is 28.8 Å². The minimum absolute atomic E-state index is 0.0175. The Morgan fingerprint density at radius 3 is 2.96 bits per heavy atom. The van der Waals surface area contributed by atoms with Crippen molar-refractivity contribution in [2.24, 2.45) is 11.7 Å². The van der Waals surface area contributed by atoms with Crippen LogP contribution >= 0.6 is 0 Å². The van der Waals surface area contributed by atoms with Crippen molar-refractivity contribution >= 4 is 11.6 Å². The number of rotatable bonds is 3. The molecule has 0 radical (unpaired) electrons. The maximum atomic E-state index is 12.6. The van der Waals surface area contributed by atoms with Crippen LogP contribution in [-0.2, 0) is 4.79 Å². The van der Waals surface area contributed by atoms with E-state index >= 15 is 0 Å². The molecule has 3 rings (SSSR count). The fourth-order valence-electron chi connectivity index (χ4n) is 3.17. The summed E-state index contributed by atoms with van der Waals surface area (Å²) in [6.45, 7) is 3.71. The van der Waals surface area contributed by atoms with Gasteiger partial charge in [0.05, 0.1) is 5.92 Å². The van der Waals surface area contributed by atoms with Gasteiger partial charge in [-0.2, -0.15) is 4.98 Å². The number of carbonyl (C=O) groups excluding carboxylic acids is 1. The van der Waals surface area contributed by atoms with Crippen LogP contribution in [-0.4, -0.2) is 21.6 Å². The molecule has 0 spiro atoms. The number of nitrogens with two attached hydrogens (primary N) is 1. The second kappa shape index (κ2) is 6.12. The Balaban J connectivity index is 1.76. The topological polar surface area (TPSA) is 94.0 Å². The number of hydrogen-bond donors (Lipinski definition) is 2. The van der Waals surface area contributed by atoms with E-state index in [0.717, 1.165) is 36.9 Å². The number of amides is 1. The van der Waals surface area contributed by atoms with Crippen molar-refractivity contribution in [2.75, 3.05) is 5.32 Å². The zero-order valence-corrected chi connectivity index (χ0v) is 13.5. The van der Waals surface area contributed by atoms with Gasteiger partial charge in [-0.05, 0) is 31.9 Å². The van der Waals surface area contributed by atoms with E-state index < -0.39 is 5.54 Å². The van der Waals surface area contributed by atoms with Crippen molar-refractivity contribution in [3.05, 3.63) is 30.2 Å². The lowest BCUT2D eigenvalue weighted by atomic mass is 9.74. The molecule has 1 saturated carbocycles. The zero-order chi connectivity index (χ0) is 16.4. The minimum atomic E-state index is -0.440. The highest BCUT2D eigenvalue weighted by Crippen LogP contribution is 2.32. The van der Waals surface area contributed by atoms with E-state index in [1.807, 2.05) is 31.2 Å². The SMILES string of the molecule is Cc1nc(-c2cccc(NC(=O)C3CCCCC3(C)N)c2)no1. The molecule has 0 saturated heterocycles. The molecule has 0 aliphatic heterocycles. The van der Waals surface area contributed by atoms with Crippen LogP contribution in [0.25, 0.3) is 11.4 Å². The first-order valence-corrected chi connectivity index (χ1v) is 7.96.